The van der Waals surface area contributed by atoms with Crippen molar-refractivity contribution in [2.45, 2.75) is 26.4 Å². The predicted octanol–water partition coefficient (Wildman–Crippen LogP) is 5.38. The van der Waals surface area contributed by atoms with Gasteiger partial charge in [0.05, 0.1) is 6.54 Å². The molecule has 0 saturated carbocycles. The summed E-state index contributed by atoms with van der Waals surface area (Å²) in [5, 5.41) is 25.7. The Morgan fingerprint density at radius 2 is 1.67 bits per heavy atom. The van der Waals surface area contributed by atoms with E-state index in [2.05, 4.69) is 68.3 Å². The number of hydrogen-bond donors (Lipinski definition) is 2. The van der Waals surface area contributed by atoms with Crippen LogP contribution in [0.25, 0.3) is 22.5 Å². The van der Waals surface area contributed by atoms with Crippen molar-refractivity contribution in [1.29, 1.82) is 0 Å². The second-order valence-electron chi connectivity index (χ2n) is 8.19. The smallest absolute Gasteiger partial charge is 0.355 e. The van der Waals surface area contributed by atoms with Gasteiger partial charge in [-0.1, -0.05) is 85.8 Å². The summed E-state index contributed by atoms with van der Waals surface area (Å²) in [6, 6.07) is 26.5. The summed E-state index contributed by atoms with van der Waals surface area (Å²) in [5.74, 6) is -0.279. The van der Waals surface area contributed by atoms with E-state index >= 15 is 0 Å². The number of aryl methyl sites for hydroxylation is 1. The Labute approximate surface area is 212 Å². The number of carbonyl (C=O) groups is 1. The lowest BCUT2D eigenvalue weighted by molar-refractivity contribution is 0.0690. The number of benzene rings is 3. The highest BCUT2D eigenvalue weighted by atomic mass is 32.1. The molecule has 2 heterocycles. The van der Waals surface area contributed by atoms with Crippen molar-refractivity contribution in [1.82, 2.24) is 25.2 Å². The van der Waals surface area contributed by atoms with E-state index in [4.69, 9.17) is 0 Å². The van der Waals surface area contributed by atoms with E-state index < -0.39 is 5.97 Å². The lowest BCUT2D eigenvalue weighted by Crippen LogP contribution is -2.05. The molecule has 5 rings (SSSR count). The van der Waals surface area contributed by atoms with E-state index in [0.717, 1.165) is 32.7 Å². The third-order valence-corrected chi connectivity index (χ3v) is 6.96. The van der Waals surface area contributed by atoms with Crippen molar-refractivity contribution < 1.29 is 9.90 Å². The fourth-order valence-electron chi connectivity index (χ4n) is 4.00. The maximum Gasteiger partial charge on any atom is 0.355 e. The molecule has 180 valence electrons. The molecule has 0 aliphatic rings. The number of aromatic nitrogens is 5. The Balaban J connectivity index is 1.35. The van der Waals surface area contributed by atoms with Gasteiger partial charge < -0.3 is 10.4 Å². The highest BCUT2D eigenvalue weighted by molar-refractivity contribution is 7.15. The number of hydrogen-bond acceptors (Lipinski definition) is 7. The first kappa shape index (κ1) is 23.4. The number of carboxylic acids is 1. The summed E-state index contributed by atoms with van der Waals surface area (Å²) in [7, 11) is 0. The SMILES string of the molecule is CCc1sc(NCc2ccc(-c3ccccc3-c3nnnn3Cc3ccccc3)cc2)nc1C(=O)O. The van der Waals surface area contributed by atoms with E-state index in [9.17, 15) is 9.90 Å². The molecule has 0 aliphatic heterocycles. The minimum absolute atomic E-state index is 0.131. The minimum Gasteiger partial charge on any atom is -0.476 e. The van der Waals surface area contributed by atoms with Gasteiger partial charge in [0.25, 0.3) is 0 Å². The van der Waals surface area contributed by atoms with Crippen molar-refractivity contribution in [3.05, 3.63) is 101 Å². The first-order valence-electron chi connectivity index (χ1n) is 11.6. The van der Waals surface area contributed by atoms with Crippen molar-refractivity contribution >= 4 is 22.4 Å². The Morgan fingerprint density at radius 3 is 2.36 bits per heavy atom. The summed E-state index contributed by atoms with van der Waals surface area (Å²) < 4.78 is 1.82. The molecule has 0 fully saturated rings. The summed E-state index contributed by atoms with van der Waals surface area (Å²) in [6.07, 6.45) is 0.643. The van der Waals surface area contributed by atoms with Crippen molar-refractivity contribution in [3.8, 4) is 22.5 Å². The van der Waals surface area contributed by atoms with Crippen LogP contribution in [0.5, 0.6) is 0 Å². The molecule has 0 saturated heterocycles. The molecule has 0 aliphatic carbocycles. The van der Waals surface area contributed by atoms with Crippen LogP contribution in [0.4, 0.5) is 5.13 Å². The molecular formula is C27H24N6O2S. The molecule has 9 heteroatoms. The van der Waals surface area contributed by atoms with Gasteiger partial charge in [-0.25, -0.2) is 14.5 Å². The number of rotatable bonds is 9. The topological polar surface area (TPSA) is 106 Å². The fraction of sp³-hybridized carbons (Fsp3) is 0.148. The molecule has 2 N–H and O–H groups in total. The number of nitrogens with one attached hydrogen (secondary N) is 1. The Morgan fingerprint density at radius 1 is 0.944 bits per heavy atom. The largest absolute Gasteiger partial charge is 0.476 e. The monoisotopic (exact) mass is 496 g/mol. The fourth-order valence-corrected chi connectivity index (χ4v) is 4.89. The molecule has 0 radical (unpaired) electrons. The average molecular weight is 497 g/mol. The lowest BCUT2D eigenvalue weighted by Gasteiger charge is -2.11. The number of nitrogens with zero attached hydrogens (tertiary/aromatic N) is 5. The second kappa shape index (κ2) is 10.5. The second-order valence-corrected chi connectivity index (χ2v) is 9.27. The van der Waals surface area contributed by atoms with Crippen LogP contribution in [0.3, 0.4) is 0 Å². The van der Waals surface area contributed by atoms with Gasteiger partial charge in [0.1, 0.15) is 0 Å². The van der Waals surface area contributed by atoms with Crippen LogP contribution in [0.2, 0.25) is 0 Å². The highest BCUT2D eigenvalue weighted by Crippen LogP contribution is 2.31. The normalized spacial score (nSPS) is 10.9. The number of aromatic carboxylic acids is 1. The molecule has 2 aromatic heterocycles. The maximum atomic E-state index is 11.4. The molecule has 0 bridgehead atoms. The van der Waals surface area contributed by atoms with Gasteiger partial charge in [-0.3, -0.25) is 0 Å². The third kappa shape index (κ3) is 5.01. The molecule has 5 aromatic rings. The molecule has 0 amide bonds. The lowest BCUT2D eigenvalue weighted by atomic mass is 9.98. The van der Waals surface area contributed by atoms with Gasteiger partial charge >= 0.3 is 5.97 Å². The summed E-state index contributed by atoms with van der Waals surface area (Å²) in [6.45, 7) is 3.07. The molecular weight excluding hydrogens is 472 g/mol. The average Bonchev–Trinajstić information content (AvgIpc) is 3.55. The van der Waals surface area contributed by atoms with Gasteiger partial charge in [0, 0.05) is 17.0 Å². The summed E-state index contributed by atoms with van der Waals surface area (Å²) in [4.78, 5) is 16.4. The Bertz CT molecular complexity index is 1480. The van der Waals surface area contributed by atoms with Crippen molar-refractivity contribution in [2.75, 3.05) is 5.32 Å². The van der Waals surface area contributed by atoms with E-state index in [1.807, 2.05) is 48.0 Å². The third-order valence-electron chi connectivity index (χ3n) is 5.80. The maximum absolute atomic E-state index is 11.4. The standard InChI is InChI=1S/C27H24N6O2S/c1-2-23-24(26(34)35)29-27(36-23)28-16-18-12-14-20(15-13-18)21-10-6-7-11-22(21)25-30-31-32-33(25)17-19-8-4-3-5-9-19/h3-15H,2,16-17H2,1H3,(H,28,29)(H,34,35). The van der Waals surface area contributed by atoms with Crippen LogP contribution in [-0.4, -0.2) is 36.3 Å². The Kier molecular flexibility index (Phi) is 6.81. The summed E-state index contributed by atoms with van der Waals surface area (Å²) >= 11 is 1.39. The molecule has 0 spiro atoms. The van der Waals surface area contributed by atoms with Crippen LogP contribution in [-0.2, 0) is 19.5 Å². The van der Waals surface area contributed by atoms with Crippen LogP contribution < -0.4 is 5.32 Å². The molecule has 36 heavy (non-hydrogen) atoms. The van der Waals surface area contributed by atoms with E-state index in [0.29, 0.717) is 30.5 Å². The van der Waals surface area contributed by atoms with Crippen LogP contribution in [0.1, 0.15) is 33.4 Å². The van der Waals surface area contributed by atoms with Crippen molar-refractivity contribution in [2.24, 2.45) is 0 Å². The van der Waals surface area contributed by atoms with E-state index in [-0.39, 0.29) is 5.69 Å². The number of tetrazole rings is 1. The Hall–Kier alpha value is -4.37. The van der Waals surface area contributed by atoms with Crippen LogP contribution >= 0.6 is 11.3 Å². The quantitative estimate of drug-likeness (QED) is 0.282. The van der Waals surface area contributed by atoms with Gasteiger partial charge in [-0.2, -0.15) is 0 Å². The molecule has 0 unspecified atom stereocenters. The minimum atomic E-state index is -0.992. The van der Waals surface area contributed by atoms with Crippen LogP contribution in [0, 0.1) is 0 Å². The zero-order chi connectivity index (χ0) is 24.9. The van der Waals surface area contributed by atoms with Gasteiger partial charge in [-0.05, 0) is 39.1 Å². The van der Waals surface area contributed by atoms with Crippen LogP contribution in [0.15, 0.2) is 78.9 Å². The molecule has 3 aromatic carbocycles. The first-order valence-corrected chi connectivity index (χ1v) is 12.4. The van der Waals surface area contributed by atoms with Gasteiger partial charge in [-0.15, -0.1) is 16.4 Å². The number of carboxylic acid groups (broad SMARTS) is 1. The number of thiazole rings is 1. The first-order chi connectivity index (χ1) is 17.6. The highest BCUT2D eigenvalue weighted by Gasteiger charge is 2.16. The molecule has 0 atom stereocenters. The summed E-state index contributed by atoms with van der Waals surface area (Å²) in [5.41, 5.74) is 5.38. The van der Waals surface area contributed by atoms with Crippen molar-refractivity contribution in [3.63, 3.8) is 0 Å². The van der Waals surface area contributed by atoms with Gasteiger partial charge in [0.15, 0.2) is 16.6 Å². The zero-order valence-electron chi connectivity index (χ0n) is 19.6. The van der Waals surface area contributed by atoms with E-state index in [1.165, 1.54) is 11.3 Å². The molecule has 8 nitrogen and oxygen atoms in total. The number of anilines is 1. The van der Waals surface area contributed by atoms with E-state index in [1.54, 1.807) is 0 Å². The van der Waals surface area contributed by atoms with Gasteiger partial charge in [0.2, 0.25) is 0 Å². The predicted molar refractivity (Wildman–Crippen MR) is 140 cm³/mol. The zero-order valence-corrected chi connectivity index (χ0v) is 20.4.